The number of alkyl halides is 3. The Morgan fingerprint density at radius 2 is 1.65 bits per heavy atom. The van der Waals surface area contributed by atoms with E-state index in [0.717, 1.165) is 12.1 Å². The van der Waals surface area contributed by atoms with E-state index >= 15 is 0 Å². The molecule has 0 fully saturated rings. The number of carbonyl (C=O) groups is 1. The van der Waals surface area contributed by atoms with Crippen LogP contribution in [0.5, 0.6) is 0 Å². The maximum absolute atomic E-state index is 12.4. The van der Waals surface area contributed by atoms with Crippen LogP contribution in [0.3, 0.4) is 0 Å². The van der Waals surface area contributed by atoms with E-state index in [1.165, 1.54) is 24.5 Å². The molecular weight excluding hydrogens is 271 g/mol. The average Bonchev–Trinajstić information content (AvgIpc) is 2.39. The van der Waals surface area contributed by atoms with E-state index in [4.69, 9.17) is 5.73 Å². The lowest BCUT2D eigenvalue weighted by atomic mass is 10.1. The molecule has 4 nitrogen and oxygen atoms in total. The summed E-state index contributed by atoms with van der Waals surface area (Å²) in [6.07, 6.45) is -1.50. The normalized spacial score (nSPS) is 11.3. The molecule has 2 N–H and O–H groups in total. The van der Waals surface area contributed by atoms with Crippen molar-refractivity contribution in [1.29, 1.82) is 0 Å². The number of benzene rings is 1. The summed E-state index contributed by atoms with van der Waals surface area (Å²) < 4.78 is 37.2. The molecule has 0 saturated heterocycles. The molecule has 0 bridgehead atoms. The molecule has 0 aliphatic rings. The van der Waals surface area contributed by atoms with Crippen LogP contribution in [-0.2, 0) is 12.6 Å². The van der Waals surface area contributed by atoms with E-state index in [-0.39, 0.29) is 12.0 Å². The minimum absolute atomic E-state index is 0.182. The van der Waals surface area contributed by atoms with Crippen LogP contribution in [0.15, 0.2) is 36.7 Å². The molecule has 20 heavy (non-hydrogen) atoms. The quantitative estimate of drug-likeness (QED) is 0.937. The smallest absolute Gasteiger partial charge is 0.366 e. The standard InChI is InChI=1S/C13H10F3N3O/c14-13(15,16)10-3-1-8(2-4-10)5-11-18-6-9(7-19-11)12(17)20/h1-4,6-7H,5H2,(H2,17,20). The predicted molar refractivity (Wildman–Crippen MR) is 64.8 cm³/mol. The number of rotatable bonds is 3. The number of aromatic nitrogens is 2. The van der Waals surface area contributed by atoms with Gasteiger partial charge in [0.05, 0.1) is 11.1 Å². The van der Waals surface area contributed by atoms with Crippen molar-refractivity contribution in [3.8, 4) is 0 Å². The van der Waals surface area contributed by atoms with Gasteiger partial charge in [-0.05, 0) is 17.7 Å². The summed E-state index contributed by atoms with van der Waals surface area (Å²) >= 11 is 0. The molecule has 0 unspecified atom stereocenters. The number of carbonyl (C=O) groups excluding carboxylic acids is 1. The van der Waals surface area contributed by atoms with Crippen molar-refractivity contribution < 1.29 is 18.0 Å². The van der Waals surface area contributed by atoms with E-state index in [1.54, 1.807) is 0 Å². The van der Waals surface area contributed by atoms with Crippen molar-refractivity contribution in [2.24, 2.45) is 5.73 Å². The Kier molecular flexibility index (Phi) is 3.69. The number of hydrogen-bond donors (Lipinski definition) is 1. The molecule has 0 atom stereocenters. The highest BCUT2D eigenvalue weighted by atomic mass is 19.4. The van der Waals surface area contributed by atoms with Crippen molar-refractivity contribution in [3.63, 3.8) is 0 Å². The van der Waals surface area contributed by atoms with Gasteiger partial charge in [-0.15, -0.1) is 0 Å². The molecule has 1 heterocycles. The predicted octanol–water partition coefficient (Wildman–Crippen LogP) is 2.19. The molecule has 2 rings (SSSR count). The topological polar surface area (TPSA) is 68.9 Å². The summed E-state index contributed by atoms with van der Waals surface area (Å²) in [5.74, 6) is -0.235. The van der Waals surface area contributed by atoms with Crippen LogP contribution >= 0.6 is 0 Å². The zero-order chi connectivity index (χ0) is 14.8. The Morgan fingerprint density at radius 1 is 1.10 bits per heavy atom. The molecule has 104 valence electrons. The molecule has 2 aromatic rings. The van der Waals surface area contributed by atoms with Gasteiger partial charge in [-0.3, -0.25) is 4.79 Å². The first-order valence-corrected chi connectivity index (χ1v) is 5.63. The highest BCUT2D eigenvalue weighted by molar-refractivity contribution is 5.92. The zero-order valence-electron chi connectivity index (χ0n) is 10.2. The van der Waals surface area contributed by atoms with Crippen LogP contribution in [0.2, 0.25) is 0 Å². The van der Waals surface area contributed by atoms with Crippen LogP contribution < -0.4 is 5.73 Å². The molecule has 0 saturated carbocycles. The number of primary amides is 1. The SMILES string of the molecule is NC(=O)c1cnc(Cc2ccc(C(F)(F)F)cc2)nc1. The van der Waals surface area contributed by atoms with Crippen LogP contribution in [0.4, 0.5) is 13.2 Å². The lowest BCUT2D eigenvalue weighted by Gasteiger charge is -2.07. The second-order valence-electron chi connectivity index (χ2n) is 4.12. The van der Waals surface area contributed by atoms with E-state index in [1.807, 2.05) is 0 Å². The second-order valence-corrected chi connectivity index (χ2v) is 4.12. The molecule has 0 aliphatic heterocycles. The van der Waals surface area contributed by atoms with Gasteiger partial charge in [0.1, 0.15) is 5.82 Å². The fraction of sp³-hybridized carbons (Fsp3) is 0.154. The maximum atomic E-state index is 12.4. The van der Waals surface area contributed by atoms with Gasteiger partial charge in [0.15, 0.2) is 0 Å². The Hall–Kier alpha value is -2.44. The average molecular weight is 281 g/mol. The number of hydrogen-bond acceptors (Lipinski definition) is 3. The van der Waals surface area contributed by atoms with E-state index in [9.17, 15) is 18.0 Å². The number of halogens is 3. The van der Waals surface area contributed by atoms with E-state index < -0.39 is 17.6 Å². The van der Waals surface area contributed by atoms with Crippen LogP contribution in [0.25, 0.3) is 0 Å². The first-order chi connectivity index (χ1) is 9.36. The molecule has 0 radical (unpaired) electrons. The van der Waals surface area contributed by atoms with Crippen molar-refractivity contribution in [2.45, 2.75) is 12.6 Å². The van der Waals surface area contributed by atoms with Crippen LogP contribution in [0.1, 0.15) is 27.3 Å². The number of nitrogens with zero attached hydrogens (tertiary/aromatic N) is 2. The third-order valence-electron chi connectivity index (χ3n) is 2.63. The Morgan fingerprint density at radius 3 is 2.10 bits per heavy atom. The summed E-state index contributed by atoms with van der Waals surface area (Å²) in [4.78, 5) is 18.7. The van der Waals surface area contributed by atoms with Crippen LogP contribution in [0, 0.1) is 0 Å². The minimum atomic E-state index is -4.35. The number of amides is 1. The van der Waals surface area contributed by atoms with Gasteiger partial charge in [0.2, 0.25) is 0 Å². The molecule has 1 amide bonds. The zero-order valence-corrected chi connectivity index (χ0v) is 10.2. The first-order valence-electron chi connectivity index (χ1n) is 5.63. The molecule has 1 aromatic heterocycles. The second kappa shape index (κ2) is 5.28. The molecule has 1 aromatic carbocycles. The van der Waals surface area contributed by atoms with Gasteiger partial charge >= 0.3 is 6.18 Å². The Bertz CT molecular complexity index is 606. The Balaban J connectivity index is 2.12. The van der Waals surface area contributed by atoms with Crippen molar-refractivity contribution in [3.05, 3.63) is 59.2 Å². The maximum Gasteiger partial charge on any atom is 0.416 e. The monoisotopic (exact) mass is 281 g/mol. The lowest BCUT2D eigenvalue weighted by Crippen LogP contribution is -2.12. The van der Waals surface area contributed by atoms with E-state index in [0.29, 0.717) is 11.4 Å². The van der Waals surface area contributed by atoms with Gasteiger partial charge in [-0.2, -0.15) is 13.2 Å². The summed E-state index contributed by atoms with van der Waals surface area (Å²) in [6.45, 7) is 0. The number of nitrogens with two attached hydrogens (primary N) is 1. The lowest BCUT2D eigenvalue weighted by molar-refractivity contribution is -0.137. The van der Waals surface area contributed by atoms with Crippen molar-refractivity contribution in [2.75, 3.05) is 0 Å². The summed E-state index contributed by atoms with van der Waals surface area (Å²) in [7, 11) is 0. The van der Waals surface area contributed by atoms with Gasteiger partial charge in [0.25, 0.3) is 5.91 Å². The highest BCUT2D eigenvalue weighted by Crippen LogP contribution is 2.29. The summed E-state index contributed by atoms with van der Waals surface area (Å²) in [5.41, 5.74) is 5.17. The van der Waals surface area contributed by atoms with Gasteiger partial charge in [-0.1, -0.05) is 12.1 Å². The third kappa shape index (κ3) is 3.31. The van der Waals surface area contributed by atoms with Crippen molar-refractivity contribution in [1.82, 2.24) is 9.97 Å². The fourth-order valence-electron chi connectivity index (χ4n) is 1.57. The largest absolute Gasteiger partial charge is 0.416 e. The highest BCUT2D eigenvalue weighted by Gasteiger charge is 2.29. The molecular formula is C13H10F3N3O. The van der Waals surface area contributed by atoms with Crippen LogP contribution in [-0.4, -0.2) is 15.9 Å². The minimum Gasteiger partial charge on any atom is -0.366 e. The molecule has 7 heteroatoms. The summed E-state index contributed by atoms with van der Waals surface area (Å²) in [6, 6.07) is 4.75. The summed E-state index contributed by atoms with van der Waals surface area (Å²) in [5, 5.41) is 0. The Labute approximate surface area is 112 Å². The van der Waals surface area contributed by atoms with Crippen molar-refractivity contribution >= 4 is 5.91 Å². The molecule has 0 spiro atoms. The van der Waals surface area contributed by atoms with Gasteiger partial charge in [0, 0.05) is 18.8 Å². The molecule has 0 aliphatic carbocycles. The van der Waals surface area contributed by atoms with E-state index in [2.05, 4.69) is 9.97 Å². The van der Waals surface area contributed by atoms with Gasteiger partial charge in [-0.25, -0.2) is 9.97 Å². The first kappa shape index (κ1) is 14.0. The third-order valence-corrected chi connectivity index (χ3v) is 2.63. The van der Waals surface area contributed by atoms with Gasteiger partial charge < -0.3 is 5.73 Å². The fourth-order valence-corrected chi connectivity index (χ4v) is 1.57.